The zero-order valence-corrected chi connectivity index (χ0v) is 20.9. The Morgan fingerprint density at radius 3 is 2.15 bits per heavy atom. The summed E-state index contributed by atoms with van der Waals surface area (Å²) in [7, 11) is 1.29. The van der Waals surface area contributed by atoms with Crippen LogP contribution < -0.4 is 9.47 Å². The molecule has 7 nitrogen and oxygen atoms in total. The minimum atomic E-state index is -1.35. The van der Waals surface area contributed by atoms with Crippen LogP contribution in [-0.4, -0.2) is 36.2 Å². The molecule has 1 fully saturated rings. The molecule has 0 bridgehead atoms. The van der Waals surface area contributed by atoms with E-state index in [4.69, 9.17) is 25.8 Å². The molecule has 1 saturated carbocycles. The maximum atomic E-state index is 13.6. The Hall–Kier alpha value is -2.41. The Labute approximate surface area is 199 Å². The molecule has 0 N–H and O–H groups in total. The molecule has 0 spiro atoms. The monoisotopic (exact) mass is 478 g/mol. The summed E-state index contributed by atoms with van der Waals surface area (Å²) in [6.07, 6.45) is 1.78. The second-order valence-electron chi connectivity index (χ2n) is 9.94. The van der Waals surface area contributed by atoms with E-state index < -0.39 is 40.0 Å². The number of benzene rings is 1. The molecule has 2 aliphatic carbocycles. The number of carbonyl (C=O) groups is 4. The Morgan fingerprint density at radius 2 is 1.64 bits per heavy atom. The number of methoxy groups -OCH3 is 1. The topological polar surface area (TPSA) is 96.0 Å². The van der Waals surface area contributed by atoms with Crippen molar-refractivity contribution in [1.82, 2.24) is 0 Å². The van der Waals surface area contributed by atoms with Crippen LogP contribution in [0.15, 0.2) is 6.07 Å². The third-order valence-corrected chi connectivity index (χ3v) is 7.40. The van der Waals surface area contributed by atoms with Crippen molar-refractivity contribution in [2.75, 3.05) is 7.11 Å². The van der Waals surface area contributed by atoms with Gasteiger partial charge < -0.3 is 14.2 Å². The largest absolute Gasteiger partial charge is 0.468 e. The van der Waals surface area contributed by atoms with Gasteiger partial charge in [-0.05, 0) is 30.2 Å². The van der Waals surface area contributed by atoms with Crippen molar-refractivity contribution in [3.8, 4) is 11.5 Å². The molecular weight excluding hydrogens is 448 g/mol. The van der Waals surface area contributed by atoms with Gasteiger partial charge in [-0.25, -0.2) is 0 Å². The molecule has 0 aromatic heterocycles. The highest BCUT2D eigenvalue weighted by atomic mass is 35.5. The van der Waals surface area contributed by atoms with Crippen molar-refractivity contribution in [3.05, 3.63) is 22.8 Å². The van der Waals surface area contributed by atoms with Gasteiger partial charge in [-0.2, -0.15) is 0 Å². The van der Waals surface area contributed by atoms with E-state index in [1.807, 2.05) is 27.7 Å². The Balaban J connectivity index is 2.55. The van der Waals surface area contributed by atoms with Crippen LogP contribution in [0.5, 0.6) is 11.5 Å². The van der Waals surface area contributed by atoms with E-state index in [9.17, 15) is 19.2 Å². The molecule has 1 aromatic carbocycles. The van der Waals surface area contributed by atoms with Gasteiger partial charge in [-0.3, -0.25) is 19.2 Å². The van der Waals surface area contributed by atoms with E-state index in [0.29, 0.717) is 18.4 Å². The van der Waals surface area contributed by atoms with Gasteiger partial charge in [-0.15, -0.1) is 11.6 Å². The van der Waals surface area contributed by atoms with E-state index in [2.05, 4.69) is 0 Å². The van der Waals surface area contributed by atoms with Crippen molar-refractivity contribution in [1.29, 1.82) is 0 Å². The zero-order valence-electron chi connectivity index (χ0n) is 20.2. The van der Waals surface area contributed by atoms with Crippen LogP contribution in [0, 0.1) is 11.3 Å². The molecule has 33 heavy (non-hydrogen) atoms. The third kappa shape index (κ3) is 3.94. The number of esters is 3. The highest BCUT2D eigenvalue weighted by Gasteiger charge is 2.64. The molecule has 3 atom stereocenters. The second-order valence-corrected chi connectivity index (χ2v) is 10.4. The minimum Gasteiger partial charge on any atom is -0.468 e. The number of hydrogen-bond donors (Lipinski definition) is 0. The van der Waals surface area contributed by atoms with Crippen LogP contribution >= 0.6 is 11.6 Å². The highest BCUT2D eigenvalue weighted by Crippen LogP contribution is 2.62. The fourth-order valence-electron chi connectivity index (χ4n) is 5.76. The zero-order chi connectivity index (χ0) is 24.9. The molecule has 2 aliphatic rings. The number of alkyl halides is 1. The van der Waals surface area contributed by atoms with Crippen LogP contribution in [0.1, 0.15) is 88.2 Å². The van der Waals surface area contributed by atoms with Crippen LogP contribution in [0.2, 0.25) is 0 Å². The van der Waals surface area contributed by atoms with Crippen LogP contribution in [0.3, 0.4) is 0 Å². The van der Waals surface area contributed by atoms with Gasteiger partial charge in [-0.1, -0.05) is 34.1 Å². The molecule has 0 aliphatic heterocycles. The smallest absolute Gasteiger partial charge is 0.316 e. The molecular formula is C25H31ClO7. The molecule has 3 rings (SSSR count). The minimum absolute atomic E-state index is 0.0395. The molecule has 180 valence electrons. The fraction of sp³-hybridized carbons (Fsp3) is 0.600. The number of carbonyl (C=O) groups excluding carboxylic acids is 4. The standard InChI is InChI=1S/C25H31ClO7/c1-12(2)15-11-16-17(21(33-14(4)28)20(15)32-13(3)27)25(23(30)31-7)10-8-9-24(5,6)22(25)18(26)19(16)29/h11-12,18,22H,8-10H2,1-7H3/t18?,22-,25-/m0/s1. The predicted octanol–water partition coefficient (Wildman–Crippen LogP) is 4.70. The van der Waals surface area contributed by atoms with Crippen molar-refractivity contribution in [2.24, 2.45) is 11.3 Å². The summed E-state index contributed by atoms with van der Waals surface area (Å²) in [6.45, 7) is 10.1. The first-order chi connectivity index (χ1) is 15.3. The van der Waals surface area contributed by atoms with E-state index in [1.54, 1.807) is 6.07 Å². The first-order valence-electron chi connectivity index (χ1n) is 11.1. The summed E-state index contributed by atoms with van der Waals surface area (Å²) >= 11 is 6.81. The summed E-state index contributed by atoms with van der Waals surface area (Å²) in [5.74, 6) is -3.03. The summed E-state index contributed by atoms with van der Waals surface area (Å²) in [4.78, 5) is 51.4. The van der Waals surface area contributed by atoms with Gasteiger partial charge in [0.2, 0.25) is 0 Å². The Bertz CT molecular complexity index is 1030. The average Bonchev–Trinajstić information content (AvgIpc) is 2.70. The number of ether oxygens (including phenoxy) is 3. The fourth-order valence-corrected chi connectivity index (χ4v) is 6.43. The molecule has 1 unspecified atom stereocenters. The maximum absolute atomic E-state index is 13.6. The van der Waals surface area contributed by atoms with Crippen LogP contribution in [0.25, 0.3) is 0 Å². The lowest BCUT2D eigenvalue weighted by Gasteiger charge is -2.55. The molecule has 0 heterocycles. The summed E-state index contributed by atoms with van der Waals surface area (Å²) in [5, 5.41) is -0.975. The van der Waals surface area contributed by atoms with E-state index in [1.165, 1.54) is 21.0 Å². The molecule has 8 heteroatoms. The summed E-state index contributed by atoms with van der Waals surface area (Å²) in [5.41, 5.74) is -0.902. The SMILES string of the molecule is COC(=O)[C@]12CCCC(C)(C)[C@@H]1C(Cl)C(=O)c1cc(C(C)C)c(OC(C)=O)c(OC(C)=O)c12. The Morgan fingerprint density at radius 1 is 1.06 bits per heavy atom. The second kappa shape index (κ2) is 8.75. The first-order valence-corrected chi connectivity index (χ1v) is 11.6. The van der Waals surface area contributed by atoms with Gasteiger partial charge in [0.25, 0.3) is 0 Å². The highest BCUT2D eigenvalue weighted by molar-refractivity contribution is 6.35. The van der Waals surface area contributed by atoms with Crippen molar-refractivity contribution in [2.45, 2.75) is 77.5 Å². The third-order valence-electron chi connectivity index (χ3n) is 6.95. The quantitative estimate of drug-likeness (QED) is 0.351. The van der Waals surface area contributed by atoms with Gasteiger partial charge >= 0.3 is 17.9 Å². The maximum Gasteiger partial charge on any atom is 0.316 e. The number of fused-ring (bicyclic) bond motifs is 3. The van der Waals surface area contributed by atoms with E-state index >= 15 is 0 Å². The predicted molar refractivity (Wildman–Crippen MR) is 122 cm³/mol. The summed E-state index contributed by atoms with van der Waals surface area (Å²) < 4.78 is 16.5. The van der Waals surface area contributed by atoms with Gasteiger partial charge in [0, 0.05) is 36.5 Å². The first kappa shape index (κ1) is 25.2. The van der Waals surface area contributed by atoms with Gasteiger partial charge in [0.1, 0.15) is 10.8 Å². The lowest BCUT2D eigenvalue weighted by atomic mass is 9.49. The van der Waals surface area contributed by atoms with Crippen LogP contribution in [-0.2, 0) is 24.5 Å². The number of Topliss-reactive ketones (excluding diaryl/α,β-unsaturated/α-hetero) is 1. The van der Waals surface area contributed by atoms with Crippen LogP contribution in [0.4, 0.5) is 0 Å². The lowest BCUT2D eigenvalue weighted by Crippen LogP contribution is -2.60. The van der Waals surface area contributed by atoms with Gasteiger partial charge in [0.05, 0.1) is 7.11 Å². The molecule has 1 aromatic rings. The number of hydrogen-bond acceptors (Lipinski definition) is 7. The number of ketones is 1. The van der Waals surface area contributed by atoms with Gasteiger partial charge in [0.15, 0.2) is 17.3 Å². The molecule has 0 saturated heterocycles. The number of halogens is 1. The van der Waals surface area contributed by atoms with Crippen molar-refractivity contribution in [3.63, 3.8) is 0 Å². The van der Waals surface area contributed by atoms with Crippen molar-refractivity contribution < 1.29 is 33.4 Å². The van der Waals surface area contributed by atoms with Crippen molar-refractivity contribution >= 4 is 35.3 Å². The van der Waals surface area contributed by atoms with E-state index in [-0.39, 0.29) is 34.3 Å². The molecule has 0 amide bonds. The van der Waals surface area contributed by atoms with E-state index in [0.717, 1.165) is 6.42 Å². The average molecular weight is 479 g/mol. The number of rotatable bonds is 4. The Kier molecular flexibility index (Phi) is 6.68. The molecule has 0 radical (unpaired) electrons. The normalized spacial score (nSPS) is 25.7. The lowest BCUT2D eigenvalue weighted by molar-refractivity contribution is -0.156. The summed E-state index contributed by atoms with van der Waals surface area (Å²) in [6, 6.07) is 1.62.